The molecule has 1 aliphatic heterocycles. The second kappa shape index (κ2) is 9.12. The second-order valence-electron chi connectivity index (χ2n) is 8.10. The number of pyridine rings is 1. The summed E-state index contributed by atoms with van der Waals surface area (Å²) in [5.41, 5.74) is 0.704. The molecule has 2 heterocycles. The van der Waals surface area contributed by atoms with E-state index in [4.69, 9.17) is 14.0 Å². The maximum absolute atomic E-state index is 14.2. The number of nitrogens with one attached hydrogen (secondary N) is 2. The number of amides is 2. The van der Waals surface area contributed by atoms with Gasteiger partial charge >= 0.3 is 6.03 Å². The average Bonchev–Trinajstić information content (AvgIpc) is 3.54. The smallest absolute Gasteiger partial charge is 0.320 e. The molecule has 0 spiro atoms. The van der Waals surface area contributed by atoms with E-state index in [1.54, 1.807) is 36.4 Å². The van der Waals surface area contributed by atoms with Crippen LogP contribution < -0.4 is 24.4 Å². The number of halogens is 2. The fourth-order valence-corrected chi connectivity index (χ4v) is 4.43. The van der Waals surface area contributed by atoms with Crippen molar-refractivity contribution in [3.63, 3.8) is 0 Å². The molecule has 12 heteroatoms. The zero-order valence-corrected chi connectivity index (χ0v) is 19.1. The second-order valence-corrected chi connectivity index (χ2v) is 9.11. The van der Waals surface area contributed by atoms with Crippen LogP contribution in [0.5, 0.6) is 17.2 Å². The number of benzene rings is 2. The van der Waals surface area contributed by atoms with Crippen LogP contribution in [-0.4, -0.2) is 39.5 Å². The fraction of sp³-hybridized carbons (Fsp3) is 0.217. The number of aromatic nitrogens is 1. The number of rotatable bonds is 6. The number of hydrogen-bond acceptors (Lipinski definition) is 5. The third-order valence-electron chi connectivity index (χ3n) is 5.96. The molecule has 1 aromatic heterocycles. The van der Waals surface area contributed by atoms with Gasteiger partial charge in [0.1, 0.15) is 23.1 Å². The number of urea groups is 1. The van der Waals surface area contributed by atoms with Gasteiger partial charge in [-0.25, -0.2) is 22.8 Å². The molecule has 0 radical (unpaired) electrons. The molecule has 3 aromatic rings. The largest absolute Gasteiger partial charge is 0.490 e. The van der Waals surface area contributed by atoms with Crippen molar-refractivity contribution in [3.05, 3.63) is 71.9 Å². The van der Waals surface area contributed by atoms with Gasteiger partial charge in [0.25, 0.3) is 11.3 Å². The molecule has 35 heavy (non-hydrogen) atoms. The van der Waals surface area contributed by atoms with E-state index in [1.807, 2.05) is 0 Å². The Bertz CT molecular complexity index is 1290. The minimum atomic E-state index is -2.12. The molecule has 182 valence electrons. The first-order valence-electron chi connectivity index (χ1n) is 10.6. The minimum absolute atomic E-state index is 0.0850. The van der Waals surface area contributed by atoms with E-state index in [0.29, 0.717) is 17.2 Å². The number of hydrogen-bond donors (Lipinski definition) is 3. The van der Waals surface area contributed by atoms with Crippen molar-refractivity contribution < 1.29 is 31.8 Å². The summed E-state index contributed by atoms with van der Waals surface area (Å²) in [6.07, 6.45) is 1.43. The lowest BCUT2D eigenvalue weighted by molar-refractivity contribution is 0.247. The Kier molecular flexibility index (Phi) is 5.99. The lowest BCUT2D eigenvalue weighted by Crippen LogP contribution is -2.32. The Balaban J connectivity index is 1.17. The van der Waals surface area contributed by atoms with E-state index in [-0.39, 0.29) is 41.6 Å². The summed E-state index contributed by atoms with van der Waals surface area (Å²) in [4.78, 5) is 16.6. The normalized spacial score (nSPS) is 20.5. The standard InChI is InChI=1S/C23H20F2N4O5S/c1-29(35(31)32)12-2-4-13(5-3-12)34-14-6-9-18(26-10-14)27-23(30)28-21-15-11-33-22-17(25)8-7-16(24)20(22)19(15)21/h2-10,15,19,21H,11H2,1H3,(H,31,32)(H2,26,27,28,30)/t15-,19-,21-/m1/s1. The molecular weight excluding hydrogens is 482 g/mol. The maximum Gasteiger partial charge on any atom is 0.320 e. The van der Waals surface area contributed by atoms with Crippen LogP contribution in [0.15, 0.2) is 54.7 Å². The summed E-state index contributed by atoms with van der Waals surface area (Å²) in [6, 6.07) is 10.9. The third kappa shape index (κ3) is 4.62. The van der Waals surface area contributed by atoms with Crippen LogP contribution in [0.4, 0.5) is 25.1 Å². The van der Waals surface area contributed by atoms with Gasteiger partial charge in [-0.3, -0.25) is 14.2 Å². The molecular formula is C23H20F2N4O5S. The van der Waals surface area contributed by atoms with Crippen molar-refractivity contribution >= 4 is 28.8 Å². The number of ether oxygens (including phenoxy) is 2. The SMILES string of the molecule is CN(c1ccc(Oc2ccc(NC(=O)N[C@@H]3[C@@H]4COc5c(F)ccc(F)c5[C@@H]43)nc2)cc1)S(=O)O. The average molecular weight is 502 g/mol. The van der Waals surface area contributed by atoms with Gasteiger partial charge in [0, 0.05) is 30.5 Å². The topological polar surface area (TPSA) is 113 Å². The van der Waals surface area contributed by atoms with Crippen molar-refractivity contribution in [2.45, 2.75) is 12.0 Å². The van der Waals surface area contributed by atoms with E-state index >= 15 is 0 Å². The van der Waals surface area contributed by atoms with E-state index in [1.165, 1.54) is 17.5 Å². The Hall–Kier alpha value is -3.77. The molecule has 1 aliphatic carbocycles. The van der Waals surface area contributed by atoms with Gasteiger partial charge in [-0.1, -0.05) is 0 Å². The number of carbonyl (C=O) groups excluding carboxylic acids is 1. The highest BCUT2D eigenvalue weighted by Crippen LogP contribution is 2.55. The Morgan fingerprint density at radius 3 is 2.54 bits per heavy atom. The third-order valence-corrected chi connectivity index (χ3v) is 6.64. The van der Waals surface area contributed by atoms with Crippen LogP contribution in [0.25, 0.3) is 0 Å². The zero-order chi connectivity index (χ0) is 24.7. The van der Waals surface area contributed by atoms with Crippen LogP contribution in [-0.2, 0) is 11.3 Å². The van der Waals surface area contributed by atoms with Crippen LogP contribution >= 0.6 is 0 Å². The van der Waals surface area contributed by atoms with Crippen LogP contribution in [0.3, 0.4) is 0 Å². The van der Waals surface area contributed by atoms with Crippen molar-refractivity contribution in [3.8, 4) is 17.2 Å². The number of fused-ring (bicyclic) bond motifs is 3. The molecule has 2 aromatic carbocycles. The van der Waals surface area contributed by atoms with E-state index in [2.05, 4.69) is 15.6 Å². The minimum Gasteiger partial charge on any atom is -0.490 e. The molecule has 0 bridgehead atoms. The van der Waals surface area contributed by atoms with E-state index in [0.717, 1.165) is 12.1 Å². The fourth-order valence-electron chi connectivity index (χ4n) is 4.13. The molecule has 3 N–H and O–H groups in total. The highest BCUT2D eigenvalue weighted by atomic mass is 32.2. The van der Waals surface area contributed by atoms with Gasteiger partial charge in [0.05, 0.1) is 18.5 Å². The predicted octanol–water partition coefficient (Wildman–Crippen LogP) is 4.02. The first-order chi connectivity index (χ1) is 16.8. The summed E-state index contributed by atoms with van der Waals surface area (Å²) in [7, 11) is 1.49. The summed E-state index contributed by atoms with van der Waals surface area (Å²) in [5, 5.41) is 5.39. The van der Waals surface area contributed by atoms with Crippen LogP contribution in [0.1, 0.15) is 11.5 Å². The first-order valence-corrected chi connectivity index (χ1v) is 11.6. The Morgan fingerprint density at radius 2 is 1.86 bits per heavy atom. The van der Waals surface area contributed by atoms with Crippen molar-refractivity contribution in [1.82, 2.24) is 10.3 Å². The number of anilines is 2. The van der Waals surface area contributed by atoms with Gasteiger partial charge in [0.2, 0.25) is 0 Å². The summed E-state index contributed by atoms with van der Waals surface area (Å²) >= 11 is -2.12. The monoisotopic (exact) mass is 502 g/mol. The Morgan fingerprint density at radius 1 is 1.14 bits per heavy atom. The van der Waals surface area contributed by atoms with Crippen LogP contribution in [0.2, 0.25) is 0 Å². The van der Waals surface area contributed by atoms with E-state index < -0.39 is 28.9 Å². The summed E-state index contributed by atoms with van der Waals surface area (Å²) < 4.78 is 60.7. The molecule has 2 amide bonds. The van der Waals surface area contributed by atoms with Gasteiger partial charge < -0.3 is 14.8 Å². The van der Waals surface area contributed by atoms with Crippen molar-refractivity contribution in [1.29, 1.82) is 0 Å². The molecule has 0 saturated heterocycles. The highest BCUT2D eigenvalue weighted by Gasteiger charge is 2.57. The summed E-state index contributed by atoms with van der Waals surface area (Å²) in [5.74, 6) is -0.539. The number of nitrogens with zero attached hydrogens (tertiary/aromatic N) is 2. The van der Waals surface area contributed by atoms with Gasteiger partial charge in [-0.2, -0.15) is 0 Å². The molecule has 5 rings (SSSR count). The molecule has 4 atom stereocenters. The molecule has 1 saturated carbocycles. The molecule has 1 unspecified atom stereocenters. The lowest BCUT2D eigenvalue weighted by Gasteiger charge is -2.16. The number of carbonyl (C=O) groups is 1. The first kappa shape index (κ1) is 23.0. The molecule has 9 nitrogen and oxygen atoms in total. The van der Waals surface area contributed by atoms with Crippen LogP contribution in [0, 0.1) is 17.6 Å². The molecule has 1 fully saturated rings. The quantitative estimate of drug-likeness (QED) is 0.439. The van der Waals surface area contributed by atoms with Gasteiger partial charge in [-0.15, -0.1) is 0 Å². The highest BCUT2D eigenvalue weighted by molar-refractivity contribution is 7.80. The summed E-state index contributed by atoms with van der Waals surface area (Å²) in [6.45, 7) is 0.197. The maximum atomic E-state index is 14.2. The lowest BCUT2D eigenvalue weighted by atomic mass is 10.0. The van der Waals surface area contributed by atoms with Gasteiger partial charge in [0.15, 0.2) is 11.6 Å². The van der Waals surface area contributed by atoms with E-state index in [9.17, 15) is 17.8 Å². The van der Waals surface area contributed by atoms with Gasteiger partial charge in [-0.05, 0) is 48.5 Å². The molecule has 2 aliphatic rings. The van der Waals surface area contributed by atoms with Crippen molar-refractivity contribution in [2.75, 3.05) is 23.3 Å². The van der Waals surface area contributed by atoms with Crippen molar-refractivity contribution in [2.24, 2.45) is 5.92 Å². The predicted molar refractivity (Wildman–Crippen MR) is 124 cm³/mol. The zero-order valence-electron chi connectivity index (χ0n) is 18.3. The Labute approximate surface area is 201 Å².